The van der Waals surface area contributed by atoms with Crippen LogP contribution in [-0.4, -0.2) is 18.5 Å². The van der Waals surface area contributed by atoms with Crippen LogP contribution in [0, 0.1) is 5.92 Å². The van der Waals surface area contributed by atoms with Crippen molar-refractivity contribution >= 4 is 0 Å². The van der Waals surface area contributed by atoms with Crippen LogP contribution in [0.3, 0.4) is 0 Å². The highest BCUT2D eigenvalue weighted by Crippen LogP contribution is 2.45. The molecule has 0 aliphatic heterocycles. The van der Waals surface area contributed by atoms with Gasteiger partial charge in [-0.2, -0.15) is 39.5 Å². The van der Waals surface area contributed by atoms with Gasteiger partial charge in [0.1, 0.15) is 5.92 Å². The fourth-order valence-electron chi connectivity index (χ4n) is 1.25. The van der Waals surface area contributed by atoms with E-state index in [2.05, 4.69) is 0 Å². The highest BCUT2D eigenvalue weighted by Gasteiger charge is 2.49. The van der Waals surface area contributed by atoms with Gasteiger partial charge in [0, 0.05) is 5.57 Å². The van der Waals surface area contributed by atoms with E-state index in [9.17, 15) is 39.5 Å². The van der Waals surface area contributed by atoms with Crippen LogP contribution in [0.15, 0.2) is 23.3 Å². The number of alkyl halides is 9. The van der Waals surface area contributed by atoms with Crippen molar-refractivity contribution in [1.29, 1.82) is 0 Å². The maximum Gasteiger partial charge on any atom is 0.416 e. The molecule has 0 saturated carbocycles. The molecule has 0 atom stereocenters. The molecule has 1 aliphatic carbocycles. The molecule has 0 saturated heterocycles. The van der Waals surface area contributed by atoms with E-state index < -0.39 is 42.0 Å². The molecule has 0 fully saturated rings. The van der Waals surface area contributed by atoms with Gasteiger partial charge in [-0.05, 0) is 12.5 Å². The molecule has 0 aromatic rings. The zero-order valence-electron chi connectivity index (χ0n) is 8.26. The van der Waals surface area contributed by atoms with Crippen LogP contribution < -0.4 is 0 Å². The Hall–Kier alpha value is -1.15. The Morgan fingerprint density at radius 1 is 0.667 bits per heavy atom. The maximum absolute atomic E-state index is 12.2. The van der Waals surface area contributed by atoms with Gasteiger partial charge in [0.15, 0.2) is 0 Å². The quantitative estimate of drug-likeness (QED) is 0.574. The van der Waals surface area contributed by atoms with E-state index in [0.29, 0.717) is 0 Å². The summed E-state index contributed by atoms with van der Waals surface area (Å²) in [7, 11) is 0. The first-order valence-corrected chi connectivity index (χ1v) is 4.31. The van der Waals surface area contributed by atoms with E-state index in [1.807, 2.05) is 0 Å². The second-order valence-electron chi connectivity index (χ2n) is 3.46. The molecule has 0 heterocycles. The van der Waals surface area contributed by atoms with Crippen molar-refractivity contribution in [3.8, 4) is 0 Å². The molecule has 103 valence electrons. The number of allylic oxidation sites excluding steroid dienone is 4. The monoisotopic (exact) mass is 283 g/mol. The van der Waals surface area contributed by atoms with Crippen LogP contribution >= 0.6 is 0 Å². The Morgan fingerprint density at radius 2 is 1.17 bits per heavy atom. The summed E-state index contributed by atoms with van der Waals surface area (Å²) in [6.07, 6.45) is -18.0. The molecule has 1 rings (SSSR count). The van der Waals surface area contributed by atoms with Gasteiger partial charge in [-0.15, -0.1) is 0 Å². The molecule has 0 aromatic carbocycles. The van der Waals surface area contributed by atoms with Crippen LogP contribution in [-0.2, 0) is 0 Å². The smallest absolute Gasteiger partial charge is 0.170 e. The standard InChI is InChI=1S/C9H4F9/c10-7(11,12)4-1-5(8(13,14)15)3-6(2-4)9(16,17)18/h1-2H,3H2. The summed E-state index contributed by atoms with van der Waals surface area (Å²) < 4.78 is 110. The minimum atomic E-state index is -5.27. The van der Waals surface area contributed by atoms with Gasteiger partial charge in [0.05, 0.1) is 5.57 Å². The molecule has 1 radical (unpaired) electrons. The van der Waals surface area contributed by atoms with Crippen LogP contribution in [0.25, 0.3) is 0 Å². The molecule has 18 heavy (non-hydrogen) atoms. The summed E-state index contributed by atoms with van der Waals surface area (Å²) >= 11 is 0. The number of hydrogen-bond acceptors (Lipinski definition) is 0. The molecular weight excluding hydrogens is 279 g/mol. The first-order chi connectivity index (χ1) is 7.82. The predicted octanol–water partition coefficient (Wildman–Crippen LogP) is 4.50. The summed E-state index contributed by atoms with van der Waals surface area (Å²) in [5.41, 5.74) is -3.84. The van der Waals surface area contributed by atoms with Crippen LogP contribution in [0.2, 0.25) is 0 Å². The van der Waals surface area contributed by atoms with E-state index in [1.54, 1.807) is 0 Å². The molecule has 1 aliphatic rings. The van der Waals surface area contributed by atoms with Crippen LogP contribution in [0.5, 0.6) is 0 Å². The third-order valence-electron chi connectivity index (χ3n) is 2.10. The van der Waals surface area contributed by atoms with Crippen molar-refractivity contribution in [3.05, 3.63) is 29.2 Å². The van der Waals surface area contributed by atoms with Gasteiger partial charge in [0.25, 0.3) is 0 Å². The lowest BCUT2D eigenvalue weighted by molar-refractivity contribution is -0.120. The Kier molecular flexibility index (Phi) is 3.48. The third kappa shape index (κ3) is 3.42. The van der Waals surface area contributed by atoms with Crippen LogP contribution in [0.4, 0.5) is 39.5 Å². The van der Waals surface area contributed by atoms with E-state index in [-0.39, 0.29) is 12.2 Å². The van der Waals surface area contributed by atoms with Gasteiger partial charge >= 0.3 is 18.5 Å². The second-order valence-corrected chi connectivity index (χ2v) is 3.46. The molecule has 0 amide bonds. The Morgan fingerprint density at radius 3 is 1.50 bits per heavy atom. The highest BCUT2D eigenvalue weighted by atomic mass is 19.4. The van der Waals surface area contributed by atoms with Gasteiger partial charge < -0.3 is 0 Å². The van der Waals surface area contributed by atoms with E-state index in [0.717, 1.165) is 0 Å². The summed E-state index contributed by atoms with van der Waals surface area (Å²) in [5.74, 6) is -1.87. The lowest BCUT2D eigenvalue weighted by atomic mass is 9.89. The Balaban J connectivity index is 3.21. The highest BCUT2D eigenvalue weighted by molar-refractivity contribution is 5.42. The summed E-state index contributed by atoms with van der Waals surface area (Å²) in [6, 6.07) is 0. The SMILES string of the molecule is FC(F)(F)[C]1C=C(C(F)(F)F)C=C(C(F)(F)F)C1. The van der Waals surface area contributed by atoms with Crippen molar-refractivity contribution in [2.45, 2.75) is 24.9 Å². The summed E-state index contributed by atoms with van der Waals surface area (Å²) in [5, 5.41) is 0. The Bertz CT molecular complexity index is 376. The van der Waals surface area contributed by atoms with Gasteiger partial charge in [0.2, 0.25) is 0 Å². The molecule has 0 aromatic heterocycles. The van der Waals surface area contributed by atoms with E-state index in [4.69, 9.17) is 0 Å². The van der Waals surface area contributed by atoms with Gasteiger partial charge in [-0.3, -0.25) is 0 Å². The number of hydrogen-bond donors (Lipinski definition) is 0. The normalized spacial score (nSPS) is 19.6. The molecule has 0 N–H and O–H groups in total. The lowest BCUT2D eigenvalue weighted by Crippen LogP contribution is -2.28. The molecule has 0 spiro atoms. The molecule has 9 heteroatoms. The van der Waals surface area contributed by atoms with Crippen molar-refractivity contribution in [2.75, 3.05) is 0 Å². The van der Waals surface area contributed by atoms with Gasteiger partial charge in [-0.1, -0.05) is 6.08 Å². The topological polar surface area (TPSA) is 0 Å². The summed E-state index contributed by atoms with van der Waals surface area (Å²) in [4.78, 5) is 0. The average molecular weight is 283 g/mol. The molecule has 0 nitrogen and oxygen atoms in total. The second kappa shape index (κ2) is 4.20. The van der Waals surface area contributed by atoms with Crippen molar-refractivity contribution < 1.29 is 39.5 Å². The maximum atomic E-state index is 12.2. The van der Waals surface area contributed by atoms with Crippen LogP contribution in [0.1, 0.15) is 6.42 Å². The third-order valence-corrected chi connectivity index (χ3v) is 2.10. The predicted molar refractivity (Wildman–Crippen MR) is 42.2 cm³/mol. The van der Waals surface area contributed by atoms with Crippen molar-refractivity contribution in [2.24, 2.45) is 0 Å². The molecule has 0 bridgehead atoms. The fraction of sp³-hybridized carbons (Fsp3) is 0.444. The average Bonchev–Trinajstić information content (AvgIpc) is 2.13. The number of rotatable bonds is 0. The minimum Gasteiger partial charge on any atom is -0.170 e. The Labute approximate surface area is 94.8 Å². The minimum absolute atomic E-state index is 0.310. The summed E-state index contributed by atoms with van der Waals surface area (Å²) in [6.45, 7) is 0. The fourth-order valence-corrected chi connectivity index (χ4v) is 1.25. The van der Waals surface area contributed by atoms with Gasteiger partial charge in [-0.25, -0.2) is 0 Å². The van der Waals surface area contributed by atoms with Crippen molar-refractivity contribution in [1.82, 2.24) is 0 Å². The largest absolute Gasteiger partial charge is 0.416 e. The van der Waals surface area contributed by atoms with E-state index >= 15 is 0 Å². The zero-order valence-corrected chi connectivity index (χ0v) is 8.26. The number of halogens is 9. The van der Waals surface area contributed by atoms with E-state index in [1.165, 1.54) is 0 Å². The molecular formula is C9H4F9. The molecule has 0 unspecified atom stereocenters. The zero-order chi connectivity index (χ0) is 14.4. The first-order valence-electron chi connectivity index (χ1n) is 4.31. The van der Waals surface area contributed by atoms with Crippen molar-refractivity contribution in [3.63, 3.8) is 0 Å². The first kappa shape index (κ1) is 14.9. The lowest BCUT2D eigenvalue weighted by Gasteiger charge is -2.25.